The van der Waals surface area contributed by atoms with E-state index in [1.165, 1.54) is 0 Å². The van der Waals surface area contributed by atoms with E-state index in [1.807, 2.05) is 48.7 Å². The number of anilines is 1. The van der Waals surface area contributed by atoms with Crippen molar-refractivity contribution in [2.45, 2.75) is 20.1 Å². The van der Waals surface area contributed by atoms with Gasteiger partial charge < -0.3 is 20.1 Å². The van der Waals surface area contributed by atoms with Crippen molar-refractivity contribution in [3.8, 4) is 0 Å². The molecule has 0 bridgehead atoms. The minimum absolute atomic E-state index is 0.215. The summed E-state index contributed by atoms with van der Waals surface area (Å²) in [6, 6.07) is 11.4. The number of urea groups is 1. The van der Waals surface area contributed by atoms with Gasteiger partial charge in [0.2, 0.25) is 0 Å². The number of thiophene rings is 1. The Morgan fingerprint density at radius 3 is 2.83 bits per heavy atom. The van der Waals surface area contributed by atoms with Crippen molar-refractivity contribution >= 4 is 23.1 Å². The Hall–Kier alpha value is -1.89. The van der Waals surface area contributed by atoms with Crippen LogP contribution in [-0.2, 0) is 22.6 Å². The standard InChI is InChI=1S/C17H22N2O3S/c1-2-21-8-9-22-13-14-5-3-6-15(11-14)19-17(20)18-12-16-7-4-10-23-16/h3-7,10-11H,2,8-9,12-13H2,1H3,(H2,18,19,20). The molecule has 0 aliphatic rings. The van der Waals surface area contributed by atoms with Crippen molar-refractivity contribution in [2.75, 3.05) is 25.1 Å². The molecule has 0 spiro atoms. The first kappa shape index (κ1) is 17.5. The van der Waals surface area contributed by atoms with Crippen LogP contribution in [-0.4, -0.2) is 25.9 Å². The zero-order valence-corrected chi connectivity index (χ0v) is 14.0. The van der Waals surface area contributed by atoms with Crippen LogP contribution in [0.2, 0.25) is 0 Å². The highest BCUT2D eigenvalue weighted by Crippen LogP contribution is 2.12. The first-order valence-electron chi connectivity index (χ1n) is 7.59. The van der Waals surface area contributed by atoms with E-state index in [1.54, 1.807) is 11.3 Å². The molecule has 0 unspecified atom stereocenters. The first-order valence-corrected chi connectivity index (χ1v) is 8.47. The van der Waals surface area contributed by atoms with Crippen LogP contribution in [0.25, 0.3) is 0 Å². The Morgan fingerprint density at radius 1 is 1.17 bits per heavy atom. The molecule has 0 saturated heterocycles. The third-order valence-corrected chi connectivity index (χ3v) is 3.91. The van der Waals surface area contributed by atoms with E-state index in [0.29, 0.717) is 33.0 Å². The highest BCUT2D eigenvalue weighted by molar-refractivity contribution is 7.09. The van der Waals surface area contributed by atoms with Gasteiger partial charge in [0.05, 0.1) is 26.4 Å². The molecule has 0 fully saturated rings. The van der Waals surface area contributed by atoms with Crippen LogP contribution in [0.4, 0.5) is 10.5 Å². The molecule has 0 saturated carbocycles. The molecular formula is C17H22N2O3S. The minimum atomic E-state index is -0.215. The van der Waals surface area contributed by atoms with Crippen molar-refractivity contribution in [1.82, 2.24) is 5.32 Å². The summed E-state index contributed by atoms with van der Waals surface area (Å²) in [6.45, 7) is 4.84. The van der Waals surface area contributed by atoms with E-state index in [0.717, 1.165) is 16.1 Å². The van der Waals surface area contributed by atoms with Gasteiger partial charge in [-0.05, 0) is 36.1 Å². The number of carbonyl (C=O) groups is 1. The molecule has 124 valence electrons. The number of benzene rings is 1. The van der Waals surface area contributed by atoms with E-state index >= 15 is 0 Å². The number of ether oxygens (including phenoxy) is 2. The first-order chi connectivity index (χ1) is 11.3. The van der Waals surface area contributed by atoms with Gasteiger partial charge in [0.15, 0.2) is 0 Å². The van der Waals surface area contributed by atoms with Crippen molar-refractivity contribution in [1.29, 1.82) is 0 Å². The fourth-order valence-corrected chi connectivity index (χ4v) is 2.59. The Labute approximate surface area is 140 Å². The predicted molar refractivity (Wildman–Crippen MR) is 92.8 cm³/mol. The molecule has 1 aromatic heterocycles. The summed E-state index contributed by atoms with van der Waals surface area (Å²) in [5, 5.41) is 7.65. The van der Waals surface area contributed by atoms with E-state index in [-0.39, 0.29) is 6.03 Å². The van der Waals surface area contributed by atoms with Gasteiger partial charge in [0.1, 0.15) is 0 Å². The number of hydrogen-bond acceptors (Lipinski definition) is 4. The van der Waals surface area contributed by atoms with E-state index in [4.69, 9.17) is 9.47 Å². The molecule has 5 nitrogen and oxygen atoms in total. The molecular weight excluding hydrogens is 312 g/mol. The molecule has 0 aliphatic heterocycles. The van der Waals surface area contributed by atoms with Crippen LogP contribution in [0.5, 0.6) is 0 Å². The fourth-order valence-electron chi connectivity index (χ4n) is 1.95. The van der Waals surface area contributed by atoms with Gasteiger partial charge in [-0.25, -0.2) is 4.79 Å². The molecule has 1 heterocycles. The van der Waals surface area contributed by atoms with E-state index < -0.39 is 0 Å². The van der Waals surface area contributed by atoms with Crippen molar-refractivity contribution in [2.24, 2.45) is 0 Å². The molecule has 0 atom stereocenters. The van der Waals surface area contributed by atoms with Crippen LogP contribution in [0, 0.1) is 0 Å². The second kappa shape index (κ2) is 9.99. The largest absolute Gasteiger partial charge is 0.379 e. The van der Waals surface area contributed by atoms with Gasteiger partial charge >= 0.3 is 6.03 Å². The summed E-state index contributed by atoms with van der Waals surface area (Å²) >= 11 is 1.62. The van der Waals surface area contributed by atoms with Gasteiger partial charge in [-0.15, -0.1) is 11.3 Å². The van der Waals surface area contributed by atoms with Crippen LogP contribution >= 0.6 is 11.3 Å². The second-order valence-corrected chi connectivity index (χ2v) is 5.87. The fraction of sp³-hybridized carbons (Fsp3) is 0.353. The summed E-state index contributed by atoms with van der Waals surface area (Å²) in [5.41, 5.74) is 1.76. The van der Waals surface area contributed by atoms with Crippen LogP contribution in [0.3, 0.4) is 0 Å². The zero-order valence-electron chi connectivity index (χ0n) is 13.2. The molecule has 2 rings (SSSR count). The molecule has 2 N–H and O–H groups in total. The summed E-state index contributed by atoms with van der Waals surface area (Å²) < 4.78 is 10.7. The second-order valence-electron chi connectivity index (χ2n) is 4.84. The minimum Gasteiger partial charge on any atom is -0.379 e. The summed E-state index contributed by atoms with van der Waals surface area (Å²) in [4.78, 5) is 13.0. The molecule has 0 radical (unpaired) electrons. The van der Waals surface area contributed by atoms with Gasteiger partial charge in [0, 0.05) is 17.2 Å². The normalized spacial score (nSPS) is 10.5. The molecule has 2 aromatic rings. The maximum atomic E-state index is 11.9. The monoisotopic (exact) mass is 334 g/mol. The Bertz CT molecular complexity index is 587. The van der Waals surface area contributed by atoms with E-state index in [2.05, 4.69) is 10.6 Å². The van der Waals surface area contributed by atoms with Gasteiger partial charge in [0.25, 0.3) is 0 Å². The maximum absolute atomic E-state index is 11.9. The molecule has 2 amide bonds. The smallest absolute Gasteiger partial charge is 0.319 e. The van der Waals surface area contributed by atoms with Crippen LogP contribution in [0.1, 0.15) is 17.4 Å². The summed E-state index contributed by atoms with van der Waals surface area (Å²) in [5.74, 6) is 0. The highest BCUT2D eigenvalue weighted by Gasteiger charge is 2.03. The highest BCUT2D eigenvalue weighted by atomic mass is 32.1. The lowest BCUT2D eigenvalue weighted by atomic mass is 10.2. The van der Waals surface area contributed by atoms with Crippen molar-refractivity contribution in [3.63, 3.8) is 0 Å². The van der Waals surface area contributed by atoms with Crippen molar-refractivity contribution in [3.05, 3.63) is 52.2 Å². The van der Waals surface area contributed by atoms with Gasteiger partial charge in [-0.1, -0.05) is 18.2 Å². The summed E-state index contributed by atoms with van der Waals surface area (Å²) in [7, 11) is 0. The zero-order chi connectivity index (χ0) is 16.3. The Kier molecular flexibility index (Phi) is 7.59. The topological polar surface area (TPSA) is 59.6 Å². The lowest BCUT2D eigenvalue weighted by Crippen LogP contribution is -2.27. The van der Waals surface area contributed by atoms with Crippen LogP contribution in [0.15, 0.2) is 41.8 Å². The van der Waals surface area contributed by atoms with Gasteiger partial charge in [-0.3, -0.25) is 0 Å². The lowest BCUT2D eigenvalue weighted by Gasteiger charge is -2.09. The number of carbonyl (C=O) groups excluding carboxylic acids is 1. The van der Waals surface area contributed by atoms with Crippen LogP contribution < -0.4 is 10.6 Å². The maximum Gasteiger partial charge on any atom is 0.319 e. The summed E-state index contributed by atoms with van der Waals surface area (Å²) in [6.07, 6.45) is 0. The van der Waals surface area contributed by atoms with Gasteiger partial charge in [-0.2, -0.15) is 0 Å². The average molecular weight is 334 g/mol. The number of nitrogens with one attached hydrogen (secondary N) is 2. The number of amides is 2. The quantitative estimate of drug-likeness (QED) is 0.689. The van der Waals surface area contributed by atoms with E-state index in [9.17, 15) is 4.79 Å². The molecule has 1 aromatic carbocycles. The van der Waals surface area contributed by atoms with Crippen molar-refractivity contribution < 1.29 is 14.3 Å². The molecule has 6 heteroatoms. The molecule has 23 heavy (non-hydrogen) atoms. The average Bonchev–Trinajstić information content (AvgIpc) is 3.07. The predicted octanol–water partition coefficient (Wildman–Crippen LogP) is 3.62. The third kappa shape index (κ3) is 6.81. The third-order valence-electron chi connectivity index (χ3n) is 3.03. The molecule has 0 aliphatic carbocycles. The lowest BCUT2D eigenvalue weighted by molar-refractivity contribution is 0.0453. The SMILES string of the molecule is CCOCCOCc1cccc(NC(=O)NCc2cccs2)c1. The number of hydrogen-bond donors (Lipinski definition) is 2. The number of rotatable bonds is 9. The Morgan fingerprint density at radius 2 is 2.04 bits per heavy atom. The Balaban J connectivity index is 1.74.